The largest absolute Gasteiger partial charge is 0.462 e. The summed E-state index contributed by atoms with van der Waals surface area (Å²) in [4.78, 5) is 20.9. The molecular weight excluding hydrogens is 224 g/mol. The summed E-state index contributed by atoms with van der Waals surface area (Å²) in [5.74, 6) is -1.61. The molecule has 1 fully saturated rings. The van der Waals surface area contributed by atoms with Crippen molar-refractivity contribution >= 4 is 5.97 Å². The van der Waals surface area contributed by atoms with Gasteiger partial charge in [0.25, 0.3) is 0 Å². The van der Waals surface area contributed by atoms with Crippen LogP contribution in [-0.4, -0.2) is 29.6 Å². The highest BCUT2D eigenvalue weighted by Crippen LogP contribution is 2.42. The van der Waals surface area contributed by atoms with Crippen LogP contribution in [0.5, 0.6) is 0 Å². The molecule has 17 heavy (non-hydrogen) atoms. The van der Waals surface area contributed by atoms with Gasteiger partial charge in [-0.2, -0.15) is 4.89 Å². The van der Waals surface area contributed by atoms with Gasteiger partial charge in [0.15, 0.2) is 0 Å². The second-order valence-corrected chi connectivity index (χ2v) is 4.92. The van der Waals surface area contributed by atoms with E-state index in [4.69, 9.17) is 14.5 Å². The third-order valence-electron chi connectivity index (χ3n) is 3.41. The zero-order valence-electron chi connectivity index (χ0n) is 10.4. The van der Waals surface area contributed by atoms with Gasteiger partial charge in [-0.1, -0.05) is 6.92 Å². The zero-order valence-corrected chi connectivity index (χ0v) is 10.4. The molecule has 5 nitrogen and oxygen atoms in total. The number of carbonyl (C=O) groups is 1. The lowest BCUT2D eigenvalue weighted by molar-refractivity contribution is -0.419. The molecule has 0 bridgehead atoms. The number of rotatable bonds is 1. The standard InChI is InChI=1S/C12H18O5/c1-7-5-12(14)10(8(2)6-15-17-12)4-11(7)16-9(3)13/h7,11,14H,4-6H2,1-3H3/t7-,11+,12+/m0/s1. The summed E-state index contributed by atoms with van der Waals surface area (Å²) in [6.45, 7) is 5.56. The van der Waals surface area contributed by atoms with Crippen LogP contribution in [0.1, 0.15) is 33.6 Å². The topological polar surface area (TPSA) is 65.0 Å². The Bertz CT molecular complexity index is 362. The average Bonchev–Trinajstić information content (AvgIpc) is 2.20. The molecule has 96 valence electrons. The van der Waals surface area contributed by atoms with Gasteiger partial charge in [-0.05, 0) is 24.0 Å². The van der Waals surface area contributed by atoms with Crippen molar-refractivity contribution in [3.63, 3.8) is 0 Å². The summed E-state index contributed by atoms with van der Waals surface area (Å²) < 4.78 is 5.27. The van der Waals surface area contributed by atoms with Crippen LogP contribution in [0.25, 0.3) is 0 Å². The Morgan fingerprint density at radius 3 is 2.94 bits per heavy atom. The fraction of sp³-hybridized carbons (Fsp3) is 0.750. The van der Waals surface area contributed by atoms with E-state index < -0.39 is 5.79 Å². The zero-order chi connectivity index (χ0) is 12.6. The van der Waals surface area contributed by atoms with Crippen LogP contribution in [0.3, 0.4) is 0 Å². The molecule has 0 aromatic heterocycles. The van der Waals surface area contributed by atoms with Crippen LogP contribution in [-0.2, 0) is 19.3 Å². The van der Waals surface area contributed by atoms with Crippen molar-refractivity contribution in [3.05, 3.63) is 11.1 Å². The number of aliphatic hydroxyl groups is 1. The van der Waals surface area contributed by atoms with E-state index in [1.54, 1.807) is 0 Å². The molecule has 0 amide bonds. The first-order valence-corrected chi connectivity index (χ1v) is 5.81. The van der Waals surface area contributed by atoms with Gasteiger partial charge >= 0.3 is 5.97 Å². The van der Waals surface area contributed by atoms with Crippen LogP contribution in [0.4, 0.5) is 0 Å². The molecule has 1 N–H and O–H groups in total. The monoisotopic (exact) mass is 242 g/mol. The maximum Gasteiger partial charge on any atom is 0.302 e. The molecular formula is C12H18O5. The average molecular weight is 242 g/mol. The minimum atomic E-state index is -1.35. The van der Waals surface area contributed by atoms with Crippen LogP contribution in [0, 0.1) is 5.92 Å². The summed E-state index contributed by atoms with van der Waals surface area (Å²) in [6.07, 6.45) is 0.684. The lowest BCUT2D eigenvalue weighted by Gasteiger charge is -2.43. The van der Waals surface area contributed by atoms with Crippen LogP contribution < -0.4 is 0 Å². The minimum Gasteiger partial charge on any atom is -0.462 e. The van der Waals surface area contributed by atoms with Gasteiger partial charge in [0.1, 0.15) is 12.7 Å². The summed E-state index contributed by atoms with van der Waals surface area (Å²) >= 11 is 0. The van der Waals surface area contributed by atoms with Crippen molar-refractivity contribution in [2.24, 2.45) is 5.92 Å². The Balaban J connectivity index is 2.22. The molecule has 0 unspecified atom stereocenters. The van der Waals surface area contributed by atoms with Gasteiger partial charge in [0.05, 0.1) is 0 Å². The Morgan fingerprint density at radius 1 is 1.59 bits per heavy atom. The minimum absolute atomic E-state index is 0.0298. The van der Waals surface area contributed by atoms with Gasteiger partial charge < -0.3 is 9.84 Å². The van der Waals surface area contributed by atoms with Gasteiger partial charge in [-0.25, -0.2) is 4.89 Å². The molecule has 0 aromatic carbocycles. The summed E-state index contributed by atoms with van der Waals surface area (Å²) in [6, 6.07) is 0. The molecule has 5 heteroatoms. The second-order valence-electron chi connectivity index (χ2n) is 4.92. The highest BCUT2D eigenvalue weighted by atomic mass is 17.2. The molecule has 1 heterocycles. The van der Waals surface area contributed by atoms with E-state index in [0.717, 1.165) is 11.1 Å². The van der Waals surface area contributed by atoms with E-state index in [0.29, 0.717) is 19.4 Å². The number of hydrogen-bond acceptors (Lipinski definition) is 5. The Morgan fingerprint density at radius 2 is 2.29 bits per heavy atom. The summed E-state index contributed by atoms with van der Waals surface area (Å²) in [5, 5.41) is 10.3. The van der Waals surface area contributed by atoms with E-state index >= 15 is 0 Å². The van der Waals surface area contributed by atoms with Crippen molar-refractivity contribution in [1.82, 2.24) is 0 Å². The lowest BCUT2D eigenvalue weighted by Crippen LogP contribution is -2.48. The van der Waals surface area contributed by atoms with Crippen LogP contribution in [0.2, 0.25) is 0 Å². The van der Waals surface area contributed by atoms with Crippen LogP contribution in [0.15, 0.2) is 11.1 Å². The molecule has 1 aliphatic carbocycles. The number of ether oxygens (including phenoxy) is 1. The highest BCUT2D eigenvalue weighted by Gasteiger charge is 2.47. The fourth-order valence-corrected chi connectivity index (χ4v) is 2.52. The van der Waals surface area contributed by atoms with Crippen LogP contribution >= 0.6 is 0 Å². The molecule has 0 radical (unpaired) electrons. The van der Waals surface area contributed by atoms with E-state index in [1.807, 2.05) is 13.8 Å². The summed E-state index contributed by atoms with van der Waals surface area (Å²) in [5.41, 5.74) is 1.73. The van der Waals surface area contributed by atoms with Crippen molar-refractivity contribution in [2.45, 2.75) is 45.5 Å². The Kier molecular flexibility index (Phi) is 3.25. The Labute approximate surface area is 100 Å². The first-order chi connectivity index (χ1) is 7.92. The number of esters is 1. The second kappa shape index (κ2) is 4.40. The van der Waals surface area contributed by atoms with Gasteiger partial charge in [0.2, 0.25) is 5.79 Å². The van der Waals surface area contributed by atoms with Gasteiger partial charge in [-0.15, -0.1) is 0 Å². The maximum atomic E-state index is 11.0. The number of hydrogen-bond donors (Lipinski definition) is 1. The number of carbonyl (C=O) groups excluding carboxylic acids is 1. The van der Waals surface area contributed by atoms with E-state index in [1.165, 1.54) is 6.92 Å². The molecule has 3 atom stereocenters. The fourth-order valence-electron chi connectivity index (χ4n) is 2.52. The normalized spacial score (nSPS) is 37.6. The number of fused-ring (bicyclic) bond motifs is 1. The van der Waals surface area contributed by atoms with E-state index in [2.05, 4.69) is 0 Å². The van der Waals surface area contributed by atoms with Crippen molar-refractivity contribution in [1.29, 1.82) is 0 Å². The molecule has 1 aliphatic heterocycles. The summed E-state index contributed by atoms with van der Waals surface area (Å²) in [7, 11) is 0. The molecule has 0 saturated heterocycles. The molecule has 2 aliphatic rings. The SMILES string of the molecule is CC(=O)O[C@@H]1CC2=C(C)COO[C@]2(O)C[C@@H]1C. The quantitative estimate of drug-likeness (QED) is 0.427. The third kappa shape index (κ3) is 2.36. The maximum absolute atomic E-state index is 11.0. The van der Waals surface area contributed by atoms with E-state index in [9.17, 15) is 9.90 Å². The van der Waals surface area contributed by atoms with Gasteiger partial charge in [-0.3, -0.25) is 4.79 Å². The van der Waals surface area contributed by atoms with E-state index in [-0.39, 0.29) is 18.0 Å². The van der Waals surface area contributed by atoms with Crippen molar-refractivity contribution < 1.29 is 24.4 Å². The lowest BCUT2D eigenvalue weighted by atomic mass is 9.78. The Hall–Kier alpha value is -0.910. The molecule has 2 rings (SSSR count). The highest BCUT2D eigenvalue weighted by molar-refractivity contribution is 5.66. The molecule has 0 spiro atoms. The van der Waals surface area contributed by atoms with Gasteiger partial charge in [0, 0.05) is 19.8 Å². The molecule has 1 saturated carbocycles. The predicted octanol–water partition coefficient (Wildman–Crippen LogP) is 1.31. The predicted molar refractivity (Wildman–Crippen MR) is 58.6 cm³/mol. The first-order valence-electron chi connectivity index (χ1n) is 5.81. The molecule has 0 aromatic rings. The first kappa shape index (κ1) is 12.5. The van der Waals surface area contributed by atoms with Crippen molar-refractivity contribution in [3.8, 4) is 0 Å². The van der Waals surface area contributed by atoms with Crippen molar-refractivity contribution in [2.75, 3.05) is 6.61 Å². The third-order valence-corrected chi connectivity index (χ3v) is 3.41. The smallest absolute Gasteiger partial charge is 0.302 e.